The van der Waals surface area contributed by atoms with Gasteiger partial charge in [-0.2, -0.15) is 0 Å². The van der Waals surface area contributed by atoms with Gasteiger partial charge >= 0.3 is 0 Å². The van der Waals surface area contributed by atoms with E-state index in [1.807, 2.05) is 6.07 Å². The summed E-state index contributed by atoms with van der Waals surface area (Å²) in [5.41, 5.74) is 3.49. The van der Waals surface area contributed by atoms with Crippen LogP contribution in [0, 0.1) is 5.82 Å². The zero-order valence-corrected chi connectivity index (χ0v) is 7.79. The SMILES string of the molecule is NNC1CCCOc2c(F)cccc21. The highest BCUT2D eigenvalue weighted by molar-refractivity contribution is 5.37. The van der Waals surface area contributed by atoms with Crippen molar-refractivity contribution < 1.29 is 9.13 Å². The molecule has 0 spiro atoms. The third-order valence-corrected chi connectivity index (χ3v) is 2.46. The molecule has 1 heterocycles. The van der Waals surface area contributed by atoms with Crippen molar-refractivity contribution in [2.45, 2.75) is 18.9 Å². The van der Waals surface area contributed by atoms with Crippen molar-refractivity contribution >= 4 is 0 Å². The zero-order chi connectivity index (χ0) is 9.97. The molecule has 1 unspecified atom stereocenters. The summed E-state index contributed by atoms with van der Waals surface area (Å²) in [6.07, 6.45) is 1.75. The number of para-hydroxylation sites is 1. The van der Waals surface area contributed by atoms with Gasteiger partial charge in [0.05, 0.1) is 6.61 Å². The number of hydrogen-bond acceptors (Lipinski definition) is 3. The van der Waals surface area contributed by atoms with Gasteiger partial charge in [0, 0.05) is 11.6 Å². The van der Waals surface area contributed by atoms with E-state index in [4.69, 9.17) is 10.6 Å². The van der Waals surface area contributed by atoms with Crippen LogP contribution in [0.15, 0.2) is 18.2 Å². The number of benzene rings is 1. The van der Waals surface area contributed by atoms with E-state index in [2.05, 4.69) is 5.43 Å². The van der Waals surface area contributed by atoms with Crippen LogP contribution in [0.4, 0.5) is 4.39 Å². The lowest BCUT2D eigenvalue weighted by atomic mass is 10.0. The van der Waals surface area contributed by atoms with Gasteiger partial charge in [0.25, 0.3) is 0 Å². The van der Waals surface area contributed by atoms with Gasteiger partial charge < -0.3 is 4.74 Å². The van der Waals surface area contributed by atoms with Crippen molar-refractivity contribution in [3.63, 3.8) is 0 Å². The number of fused-ring (bicyclic) bond motifs is 1. The van der Waals surface area contributed by atoms with E-state index < -0.39 is 0 Å². The predicted molar refractivity (Wildman–Crippen MR) is 51.2 cm³/mol. The molecule has 0 amide bonds. The van der Waals surface area contributed by atoms with Crippen LogP contribution in [0.3, 0.4) is 0 Å². The van der Waals surface area contributed by atoms with Crippen LogP contribution in [-0.4, -0.2) is 6.61 Å². The molecule has 0 radical (unpaired) electrons. The largest absolute Gasteiger partial charge is 0.490 e. The van der Waals surface area contributed by atoms with Crippen LogP contribution in [0.1, 0.15) is 24.4 Å². The summed E-state index contributed by atoms with van der Waals surface area (Å²) in [6, 6.07) is 4.90. The van der Waals surface area contributed by atoms with Crippen LogP contribution in [-0.2, 0) is 0 Å². The average Bonchev–Trinajstić information content (AvgIpc) is 2.40. The second-order valence-corrected chi connectivity index (χ2v) is 3.37. The van der Waals surface area contributed by atoms with E-state index in [0.717, 1.165) is 18.4 Å². The van der Waals surface area contributed by atoms with Crippen LogP contribution in [0.2, 0.25) is 0 Å². The molecular formula is C10H13FN2O. The second-order valence-electron chi connectivity index (χ2n) is 3.37. The summed E-state index contributed by atoms with van der Waals surface area (Å²) in [5, 5.41) is 0. The summed E-state index contributed by atoms with van der Waals surface area (Å²) in [6.45, 7) is 0.548. The summed E-state index contributed by atoms with van der Waals surface area (Å²) >= 11 is 0. The molecule has 0 bridgehead atoms. The highest BCUT2D eigenvalue weighted by Gasteiger charge is 2.20. The Labute approximate surface area is 82.0 Å². The monoisotopic (exact) mass is 196 g/mol. The van der Waals surface area contributed by atoms with Gasteiger partial charge in [0.15, 0.2) is 11.6 Å². The van der Waals surface area contributed by atoms with E-state index >= 15 is 0 Å². The third kappa shape index (κ3) is 1.58. The highest BCUT2D eigenvalue weighted by Crippen LogP contribution is 2.32. The first-order valence-electron chi connectivity index (χ1n) is 4.70. The molecule has 3 nitrogen and oxygen atoms in total. The van der Waals surface area contributed by atoms with E-state index in [0.29, 0.717) is 12.4 Å². The molecule has 76 valence electrons. The second kappa shape index (κ2) is 3.94. The number of halogens is 1. The number of ether oxygens (including phenoxy) is 1. The highest BCUT2D eigenvalue weighted by atomic mass is 19.1. The van der Waals surface area contributed by atoms with Gasteiger partial charge in [-0.25, -0.2) is 4.39 Å². The molecule has 1 aromatic carbocycles. The normalized spacial score (nSPS) is 20.9. The van der Waals surface area contributed by atoms with Crippen LogP contribution in [0.5, 0.6) is 5.75 Å². The Hall–Kier alpha value is -1.13. The molecule has 1 aromatic rings. The molecule has 14 heavy (non-hydrogen) atoms. The van der Waals surface area contributed by atoms with Crippen molar-refractivity contribution in [1.82, 2.24) is 5.43 Å². The predicted octanol–water partition coefficient (Wildman–Crippen LogP) is 1.50. The number of nitrogens with one attached hydrogen (secondary N) is 1. The summed E-state index contributed by atoms with van der Waals surface area (Å²) < 4.78 is 18.7. The van der Waals surface area contributed by atoms with Gasteiger partial charge in [0.1, 0.15) is 0 Å². The standard InChI is InChI=1S/C10H13FN2O/c11-8-4-1-3-7-9(13-12)5-2-6-14-10(7)8/h1,3-4,9,13H,2,5-6,12H2. The Morgan fingerprint density at radius 3 is 3.14 bits per heavy atom. The Kier molecular flexibility index (Phi) is 2.65. The summed E-state index contributed by atoms with van der Waals surface area (Å²) in [7, 11) is 0. The van der Waals surface area contributed by atoms with E-state index in [9.17, 15) is 4.39 Å². The molecule has 0 saturated carbocycles. The fourth-order valence-electron chi connectivity index (χ4n) is 1.74. The Balaban J connectivity index is 2.44. The Morgan fingerprint density at radius 1 is 1.50 bits per heavy atom. The fraction of sp³-hybridized carbons (Fsp3) is 0.400. The minimum Gasteiger partial charge on any atom is -0.490 e. The van der Waals surface area contributed by atoms with E-state index in [-0.39, 0.29) is 11.9 Å². The lowest BCUT2D eigenvalue weighted by molar-refractivity contribution is 0.300. The lowest BCUT2D eigenvalue weighted by Crippen LogP contribution is -2.27. The molecular weight excluding hydrogens is 183 g/mol. The van der Waals surface area contributed by atoms with E-state index in [1.54, 1.807) is 6.07 Å². The van der Waals surface area contributed by atoms with Gasteiger partial charge in [-0.05, 0) is 18.9 Å². The summed E-state index contributed by atoms with van der Waals surface area (Å²) in [5.74, 6) is 5.44. The first-order valence-corrected chi connectivity index (χ1v) is 4.70. The lowest BCUT2D eigenvalue weighted by Gasteiger charge is -2.15. The molecule has 0 saturated heterocycles. The van der Waals surface area contributed by atoms with Crippen LogP contribution < -0.4 is 16.0 Å². The van der Waals surface area contributed by atoms with Crippen LogP contribution >= 0.6 is 0 Å². The number of rotatable bonds is 1. The van der Waals surface area contributed by atoms with Crippen molar-refractivity contribution in [3.8, 4) is 5.75 Å². The molecule has 0 aromatic heterocycles. The Morgan fingerprint density at radius 2 is 2.36 bits per heavy atom. The van der Waals surface area contributed by atoms with Gasteiger partial charge in [-0.1, -0.05) is 12.1 Å². The van der Waals surface area contributed by atoms with Crippen molar-refractivity contribution in [2.24, 2.45) is 5.84 Å². The molecule has 0 aliphatic carbocycles. The van der Waals surface area contributed by atoms with Gasteiger partial charge in [0.2, 0.25) is 0 Å². The maximum absolute atomic E-state index is 13.4. The molecule has 1 aliphatic rings. The first kappa shape index (κ1) is 9.43. The maximum atomic E-state index is 13.4. The zero-order valence-electron chi connectivity index (χ0n) is 7.79. The number of hydrogen-bond donors (Lipinski definition) is 2. The van der Waals surface area contributed by atoms with Crippen molar-refractivity contribution in [3.05, 3.63) is 29.6 Å². The number of nitrogens with two attached hydrogens (primary N) is 1. The third-order valence-electron chi connectivity index (χ3n) is 2.46. The fourth-order valence-corrected chi connectivity index (χ4v) is 1.74. The van der Waals surface area contributed by atoms with Crippen molar-refractivity contribution in [2.75, 3.05) is 6.61 Å². The van der Waals surface area contributed by atoms with Crippen LogP contribution in [0.25, 0.3) is 0 Å². The first-order chi connectivity index (χ1) is 6.83. The smallest absolute Gasteiger partial charge is 0.165 e. The molecule has 1 aliphatic heterocycles. The molecule has 2 rings (SSSR count). The topological polar surface area (TPSA) is 47.3 Å². The molecule has 1 atom stereocenters. The number of hydrazine groups is 1. The molecule has 0 fully saturated rings. The average molecular weight is 196 g/mol. The maximum Gasteiger partial charge on any atom is 0.165 e. The summed E-state index contributed by atoms with van der Waals surface area (Å²) in [4.78, 5) is 0. The quantitative estimate of drug-likeness (QED) is 0.528. The minimum absolute atomic E-state index is 0.0109. The molecule has 4 heteroatoms. The Bertz CT molecular complexity index is 330. The minimum atomic E-state index is -0.315. The van der Waals surface area contributed by atoms with Crippen molar-refractivity contribution in [1.29, 1.82) is 0 Å². The van der Waals surface area contributed by atoms with Gasteiger partial charge in [-0.15, -0.1) is 0 Å². The molecule has 3 N–H and O–H groups in total. The van der Waals surface area contributed by atoms with Gasteiger partial charge in [-0.3, -0.25) is 11.3 Å². The van der Waals surface area contributed by atoms with E-state index in [1.165, 1.54) is 6.07 Å².